The minimum atomic E-state index is 0.133. The molecule has 1 aromatic carbocycles. The first kappa shape index (κ1) is 24.3. The third-order valence-electron chi connectivity index (χ3n) is 5.85. The highest BCUT2D eigenvalue weighted by Gasteiger charge is 2.22. The van der Waals surface area contributed by atoms with Gasteiger partial charge in [0.15, 0.2) is 0 Å². The van der Waals surface area contributed by atoms with Crippen LogP contribution in [0.2, 0.25) is 0 Å². The van der Waals surface area contributed by atoms with Gasteiger partial charge in [0.05, 0.1) is 47.1 Å². The molecular formula is C25H23N9O2. The fraction of sp³-hybridized carbons (Fsp3) is 0.240. The van der Waals surface area contributed by atoms with Crippen LogP contribution in [-0.4, -0.2) is 54.1 Å². The number of likely N-dealkylation sites (tertiary alicyclic amines) is 1. The smallest absolute Gasteiger partial charge is 0.368 e. The van der Waals surface area contributed by atoms with Gasteiger partial charge in [0.25, 0.3) is 0 Å². The van der Waals surface area contributed by atoms with Gasteiger partial charge in [-0.2, -0.15) is 14.9 Å². The van der Waals surface area contributed by atoms with Gasteiger partial charge in [-0.1, -0.05) is 23.4 Å². The number of hydrogen-bond donors (Lipinski definition) is 1. The van der Waals surface area contributed by atoms with Crippen molar-refractivity contribution in [1.82, 2.24) is 34.8 Å². The molecule has 3 aromatic heterocycles. The van der Waals surface area contributed by atoms with Crippen LogP contribution >= 0.6 is 0 Å². The zero-order valence-electron chi connectivity index (χ0n) is 19.6. The lowest BCUT2D eigenvalue weighted by Crippen LogP contribution is -2.39. The fourth-order valence-electron chi connectivity index (χ4n) is 3.89. The Morgan fingerprint density at radius 3 is 2.50 bits per heavy atom. The Balaban J connectivity index is 0.000000967. The molecule has 1 aliphatic rings. The molecule has 0 saturated carbocycles. The summed E-state index contributed by atoms with van der Waals surface area (Å²) in [4.78, 5) is 32.2. The first-order valence-corrected chi connectivity index (χ1v) is 11.3. The van der Waals surface area contributed by atoms with Crippen molar-refractivity contribution in [3.8, 4) is 28.7 Å². The Hall–Kier alpha value is -4.78. The highest BCUT2D eigenvalue weighted by Crippen LogP contribution is 2.25. The second-order valence-corrected chi connectivity index (χ2v) is 8.19. The Labute approximate surface area is 207 Å². The molecule has 0 radical (unpaired) electrons. The van der Waals surface area contributed by atoms with E-state index in [9.17, 15) is 5.26 Å². The first-order valence-electron chi connectivity index (χ1n) is 11.3. The molecule has 0 unspecified atom stereocenters. The molecule has 1 saturated heterocycles. The summed E-state index contributed by atoms with van der Waals surface area (Å²) >= 11 is 0. The third-order valence-corrected chi connectivity index (χ3v) is 5.85. The molecule has 4 heterocycles. The van der Waals surface area contributed by atoms with Crippen molar-refractivity contribution in [3.05, 3.63) is 71.7 Å². The molecule has 180 valence electrons. The minimum absolute atomic E-state index is 0.133. The summed E-state index contributed by atoms with van der Waals surface area (Å²) in [6.45, 7) is 4.96. The molecule has 11 nitrogen and oxygen atoms in total. The molecular weight excluding hydrogens is 458 g/mol. The van der Waals surface area contributed by atoms with Crippen molar-refractivity contribution in [2.75, 3.05) is 18.8 Å². The first-order chi connectivity index (χ1) is 17.5. The maximum absolute atomic E-state index is 9.17. The van der Waals surface area contributed by atoms with E-state index in [0.717, 1.165) is 30.0 Å². The van der Waals surface area contributed by atoms with Gasteiger partial charge in [0, 0.05) is 24.7 Å². The number of anilines is 1. The SMILES string of the molecule is C[C@@H](c1cccc(Cn2cc(-c3cc(-c4cccc(C#N)c4)nc(N)n3)nn2)n1)N1CCC1.O=C=O. The third kappa shape index (κ3) is 5.64. The maximum atomic E-state index is 9.17. The van der Waals surface area contributed by atoms with Gasteiger partial charge in [-0.3, -0.25) is 9.88 Å². The van der Waals surface area contributed by atoms with Gasteiger partial charge in [-0.05, 0) is 43.7 Å². The van der Waals surface area contributed by atoms with Crippen molar-refractivity contribution in [2.24, 2.45) is 0 Å². The molecule has 0 bridgehead atoms. The molecule has 1 atom stereocenters. The Kier molecular flexibility index (Phi) is 7.51. The molecule has 0 spiro atoms. The van der Waals surface area contributed by atoms with Crippen molar-refractivity contribution >= 4 is 12.1 Å². The highest BCUT2D eigenvalue weighted by atomic mass is 16.2. The molecule has 1 aliphatic heterocycles. The summed E-state index contributed by atoms with van der Waals surface area (Å²) in [5, 5.41) is 17.7. The van der Waals surface area contributed by atoms with E-state index < -0.39 is 0 Å². The Morgan fingerprint density at radius 1 is 1.03 bits per heavy atom. The number of carbonyl (C=O) groups excluding carboxylic acids is 2. The fourth-order valence-corrected chi connectivity index (χ4v) is 3.89. The number of nitriles is 1. The Morgan fingerprint density at radius 2 is 1.78 bits per heavy atom. The average molecular weight is 482 g/mol. The van der Waals surface area contributed by atoms with E-state index in [4.69, 9.17) is 20.3 Å². The minimum Gasteiger partial charge on any atom is -0.368 e. The van der Waals surface area contributed by atoms with Crippen LogP contribution in [0.1, 0.15) is 36.3 Å². The normalized spacial score (nSPS) is 13.4. The summed E-state index contributed by atoms with van der Waals surface area (Å²) in [6.07, 6.45) is 3.33. The lowest BCUT2D eigenvalue weighted by Gasteiger charge is -2.36. The van der Waals surface area contributed by atoms with Gasteiger partial charge >= 0.3 is 6.15 Å². The van der Waals surface area contributed by atoms with Crippen LogP contribution in [0.25, 0.3) is 22.6 Å². The number of benzene rings is 1. The summed E-state index contributed by atoms with van der Waals surface area (Å²) < 4.78 is 1.74. The molecule has 11 heteroatoms. The van der Waals surface area contributed by atoms with Crippen LogP contribution in [0, 0.1) is 11.3 Å². The average Bonchev–Trinajstić information content (AvgIpc) is 3.32. The molecule has 36 heavy (non-hydrogen) atoms. The van der Waals surface area contributed by atoms with E-state index in [1.54, 1.807) is 22.9 Å². The summed E-state index contributed by atoms with van der Waals surface area (Å²) in [5.41, 5.74) is 11.1. The van der Waals surface area contributed by atoms with Gasteiger partial charge in [0.2, 0.25) is 5.95 Å². The van der Waals surface area contributed by atoms with E-state index in [0.29, 0.717) is 35.2 Å². The van der Waals surface area contributed by atoms with Gasteiger partial charge in [-0.25, -0.2) is 14.6 Å². The number of rotatable bonds is 6. The Bertz CT molecular complexity index is 1430. The van der Waals surface area contributed by atoms with Crippen LogP contribution in [0.5, 0.6) is 0 Å². The summed E-state index contributed by atoms with van der Waals surface area (Å²) in [5.74, 6) is 0.133. The van der Waals surface area contributed by atoms with Crippen LogP contribution < -0.4 is 5.73 Å². The second kappa shape index (κ2) is 11.1. The monoisotopic (exact) mass is 481 g/mol. The maximum Gasteiger partial charge on any atom is 0.373 e. The van der Waals surface area contributed by atoms with Crippen LogP contribution in [0.3, 0.4) is 0 Å². The van der Waals surface area contributed by atoms with E-state index >= 15 is 0 Å². The van der Waals surface area contributed by atoms with Crippen molar-refractivity contribution in [3.63, 3.8) is 0 Å². The molecule has 4 aromatic rings. The van der Waals surface area contributed by atoms with Crippen LogP contribution in [0.15, 0.2) is 54.7 Å². The number of nitrogen functional groups attached to an aromatic ring is 1. The van der Waals surface area contributed by atoms with E-state index in [-0.39, 0.29) is 12.1 Å². The van der Waals surface area contributed by atoms with Crippen molar-refractivity contribution < 1.29 is 9.59 Å². The molecule has 1 fully saturated rings. The molecule has 0 amide bonds. The second-order valence-electron chi connectivity index (χ2n) is 8.19. The largest absolute Gasteiger partial charge is 0.373 e. The lowest BCUT2D eigenvalue weighted by atomic mass is 10.1. The molecule has 5 rings (SSSR count). The number of nitrogens with two attached hydrogens (primary N) is 1. The van der Waals surface area contributed by atoms with E-state index in [2.05, 4.69) is 44.2 Å². The zero-order chi connectivity index (χ0) is 25.5. The molecule has 0 aliphatic carbocycles. The zero-order valence-corrected chi connectivity index (χ0v) is 19.6. The van der Waals surface area contributed by atoms with Crippen molar-refractivity contribution in [2.45, 2.75) is 25.9 Å². The number of aromatic nitrogens is 6. The van der Waals surface area contributed by atoms with Crippen LogP contribution in [0.4, 0.5) is 5.95 Å². The number of hydrogen-bond acceptors (Lipinski definition) is 10. The quantitative estimate of drug-likeness (QED) is 0.434. The lowest BCUT2D eigenvalue weighted by molar-refractivity contribution is -0.191. The predicted molar refractivity (Wildman–Crippen MR) is 129 cm³/mol. The summed E-state index contributed by atoms with van der Waals surface area (Å²) in [6, 6.07) is 17.6. The van der Waals surface area contributed by atoms with E-state index in [1.165, 1.54) is 6.42 Å². The van der Waals surface area contributed by atoms with Crippen LogP contribution in [-0.2, 0) is 16.1 Å². The van der Waals surface area contributed by atoms with Gasteiger partial charge < -0.3 is 5.73 Å². The molecule has 2 N–H and O–H groups in total. The van der Waals surface area contributed by atoms with E-state index in [1.807, 2.05) is 30.5 Å². The number of pyridine rings is 1. The van der Waals surface area contributed by atoms with Gasteiger partial charge in [0.1, 0.15) is 5.69 Å². The predicted octanol–water partition coefficient (Wildman–Crippen LogP) is 2.48. The summed E-state index contributed by atoms with van der Waals surface area (Å²) in [7, 11) is 0. The standard InChI is InChI=1S/C24H23N9.CO2/c1-16(32-9-4-10-32)20-8-3-7-19(27-20)14-33-15-23(30-31-33)22-12-21(28-24(26)29-22)18-6-2-5-17(11-18)13-25;2-1-3/h2-3,5-8,11-12,15-16H,4,9-10,14H2,1H3,(H2,26,28,29);/t16-;/m0./s1. The van der Waals surface area contributed by atoms with Gasteiger partial charge in [-0.15, -0.1) is 5.10 Å². The van der Waals surface area contributed by atoms with Crippen molar-refractivity contribution in [1.29, 1.82) is 5.26 Å². The number of nitrogens with zero attached hydrogens (tertiary/aromatic N) is 8. The topological polar surface area (TPSA) is 157 Å². The highest BCUT2D eigenvalue weighted by molar-refractivity contribution is 5.68.